The van der Waals surface area contributed by atoms with Gasteiger partial charge in [0.2, 0.25) is 5.91 Å². The van der Waals surface area contributed by atoms with Gasteiger partial charge in [-0.1, -0.05) is 53.7 Å². The van der Waals surface area contributed by atoms with Crippen molar-refractivity contribution in [3.63, 3.8) is 0 Å². The Morgan fingerprint density at radius 2 is 1.78 bits per heavy atom. The van der Waals surface area contributed by atoms with Crippen LogP contribution in [-0.4, -0.2) is 33.0 Å². The number of carbonyl (C=O) groups excluding carboxylic acids is 1. The fraction of sp³-hybridized carbons (Fsp3) is 0.160. The zero-order chi connectivity index (χ0) is 22.3. The van der Waals surface area contributed by atoms with E-state index in [-0.39, 0.29) is 11.7 Å². The molecule has 0 saturated heterocycles. The highest BCUT2D eigenvalue weighted by molar-refractivity contribution is 7.99. The van der Waals surface area contributed by atoms with Crippen LogP contribution in [0.3, 0.4) is 0 Å². The molecule has 0 radical (unpaired) electrons. The van der Waals surface area contributed by atoms with E-state index in [1.165, 1.54) is 11.8 Å². The lowest BCUT2D eigenvalue weighted by Gasteiger charge is -2.11. The summed E-state index contributed by atoms with van der Waals surface area (Å²) in [7, 11) is 0. The number of ether oxygens (including phenoxy) is 1. The fourth-order valence-electron chi connectivity index (χ4n) is 3.27. The molecule has 0 unspecified atom stereocenters. The fourth-order valence-corrected chi connectivity index (χ4v) is 4.02. The number of carbonyl (C=O) groups is 1. The Bertz CT molecular complexity index is 1190. The predicted octanol–water partition coefficient (Wildman–Crippen LogP) is 5.37. The van der Waals surface area contributed by atoms with Crippen LogP contribution < -0.4 is 10.1 Å². The van der Waals surface area contributed by atoms with Gasteiger partial charge in [0.15, 0.2) is 11.0 Å². The van der Waals surface area contributed by atoms with Crippen LogP contribution in [0.15, 0.2) is 84.0 Å². The van der Waals surface area contributed by atoms with Gasteiger partial charge < -0.3 is 10.1 Å². The molecule has 6 nitrogen and oxygen atoms in total. The predicted molar refractivity (Wildman–Crippen MR) is 128 cm³/mol. The van der Waals surface area contributed by atoms with Crippen molar-refractivity contribution in [2.45, 2.75) is 19.0 Å². The second-order valence-electron chi connectivity index (χ2n) is 7.14. The molecule has 0 bridgehead atoms. The number of hydrogen-bond donors (Lipinski definition) is 1. The van der Waals surface area contributed by atoms with Crippen LogP contribution in [0, 0.1) is 6.92 Å². The lowest BCUT2D eigenvalue weighted by molar-refractivity contribution is -0.113. The minimum atomic E-state index is -0.112. The highest BCUT2D eigenvalue weighted by atomic mass is 32.2. The molecule has 162 valence electrons. The van der Waals surface area contributed by atoms with Crippen molar-refractivity contribution < 1.29 is 9.53 Å². The van der Waals surface area contributed by atoms with Crippen molar-refractivity contribution in [3.8, 4) is 22.8 Å². The molecule has 0 aliphatic rings. The summed E-state index contributed by atoms with van der Waals surface area (Å²) in [5.74, 6) is 1.62. The van der Waals surface area contributed by atoms with E-state index in [4.69, 9.17) is 4.74 Å². The smallest absolute Gasteiger partial charge is 0.234 e. The zero-order valence-corrected chi connectivity index (χ0v) is 18.8. The molecular weight excluding hydrogens is 420 g/mol. The first-order valence-electron chi connectivity index (χ1n) is 10.4. The Kier molecular flexibility index (Phi) is 6.87. The maximum absolute atomic E-state index is 12.5. The normalized spacial score (nSPS) is 10.7. The quantitative estimate of drug-likeness (QED) is 0.370. The van der Waals surface area contributed by atoms with Gasteiger partial charge in [0.25, 0.3) is 0 Å². The first kappa shape index (κ1) is 21.6. The highest BCUT2D eigenvalue weighted by Gasteiger charge is 2.17. The van der Waals surface area contributed by atoms with Crippen molar-refractivity contribution in [1.82, 2.24) is 14.8 Å². The highest BCUT2D eigenvalue weighted by Crippen LogP contribution is 2.28. The van der Waals surface area contributed by atoms with Gasteiger partial charge in [-0.25, -0.2) is 0 Å². The third-order valence-corrected chi connectivity index (χ3v) is 5.63. The van der Waals surface area contributed by atoms with Crippen LogP contribution in [0.5, 0.6) is 5.75 Å². The molecule has 0 aliphatic heterocycles. The number of para-hydroxylation sites is 1. The first-order valence-corrected chi connectivity index (χ1v) is 11.4. The van der Waals surface area contributed by atoms with E-state index >= 15 is 0 Å². The molecule has 0 atom stereocenters. The first-order chi connectivity index (χ1) is 15.6. The van der Waals surface area contributed by atoms with Gasteiger partial charge in [-0.2, -0.15) is 0 Å². The summed E-state index contributed by atoms with van der Waals surface area (Å²) in [5, 5.41) is 12.4. The molecule has 1 amide bonds. The number of benzene rings is 3. The second-order valence-corrected chi connectivity index (χ2v) is 8.08. The second kappa shape index (κ2) is 10.2. The number of anilines is 1. The third-order valence-electron chi connectivity index (χ3n) is 4.71. The zero-order valence-electron chi connectivity index (χ0n) is 18.0. The van der Waals surface area contributed by atoms with Crippen LogP contribution in [0.2, 0.25) is 0 Å². The van der Waals surface area contributed by atoms with Crippen molar-refractivity contribution in [2.75, 3.05) is 17.7 Å². The largest absolute Gasteiger partial charge is 0.494 e. The summed E-state index contributed by atoms with van der Waals surface area (Å²) in [6.07, 6.45) is 0. The topological polar surface area (TPSA) is 69.0 Å². The average molecular weight is 445 g/mol. The van der Waals surface area contributed by atoms with Gasteiger partial charge in [-0.15, -0.1) is 10.2 Å². The van der Waals surface area contributed by atoms with Gasteiger partial charge in [0.1, 0.15) is 5.75 Å². The van der Waals surface area contributed by atoms with Crippen LogP contribution in [0.25, 0.3) is 17.1 Å². The summed E-state index contributed by atoms with van der Waals surface area (Å²) in [6, 6.07) is 25.4. The van der Waals surface area contributed by atoms with Gasteiger partial charge in [0.05, 0.1) is 12.4 Å². The summed E-state index contributed by atoms with van der Waals surface area (Å²) >= 11 is 1.35. The molecule has 0 fully saturated rings. The summed E-state index contributed by atoms with van der Waals surface area (Å²) in [6.45, 7) is 4.59. The number of nitrogens with one attached hydrogen (secondary N) is 1. The molecule has 0 aliphatic carbocycles. The molecule has 0 spiro atoms. The van der Waals surface area contributed by atoms with Crippen LogP contribution in [0.4, 0.5) is 5.69 Å². The summed E-state index contributed by atoms with van der Waals surface area (Å²) < 4.78 is 7.43. The number of nitrogens with zero attached hydrogens (tertiary/aromatic N) is 3. The maximum Gasteiger partial charge on any atom is 0.234 e. The van der Waals surface area contributed by atoms with E-state index in [0.717, 1.165) is 34.1 Å². The monoisotopic (exact) mass is 444 g/mol. The number of aryl methyl sites for hydroxylation is 1. The van der Waals surface area contributed by atoms with E-state index in [1.807, 2.05) is 91.2 Å². The molecule has 1 heterocycles. The Morgan fingerprint density at radius 3 is 2.50 bits per heavy atom. The van der Waals surface area contributed by atoms with E-state index < -0.39 is 0 Å². The maximum atomic E-state index is 12.5. The van der Waals surface area contributed by atoms with Crippen molar-refractivity contribution in [3.05, 3.63) is 84.4 Å². The molecule has 4 rings (SSSR count). The van der Waals surface area contributed by atoms with E-state index in [9.17, 15) is 4.79 Å². The number of rotatable bonds is 8. The lowest BCUT2D eigenvalue weighted by atomic mass is 10.1. The van der Waals surface area contributed by atoms with Crippen molar-refractivity contribution in [2.24, 2.45) is 0 Å². The Labute approximate surface area is 191 Å². The summed E-state index contributed by atoms with van der Waals surface area (Å²) in [4.78, 5) is 12.5. The van der Waals surface area contributed by atoms with E-state index in [2.05, 4.69) is 21.6 Å². The van der Waals surface area contributed by atoms with Gasteiger partial charge >= 0.3 is 0 Å². The van der Waals surface area contributed by atoms with Crippen LogP contribution in [0.1, 0.15) is 12.5 Å². The van der Waals surface area contributed by atoms with E-state index in [1.54, 1.807) is 0 Å². The minimum Gasteiger partial charge on any atom is -0.494 e. The number of aromatic nitrogens is 3. The molecule has 3 aromatic carbocycles. The molecule has 1 aromatic heterocycles. The Hall–Kier alpha value is -3.58. The van der Waals surface area contributed by atoms with E-state index in [0.29, 0.717) is 11.8 Å². The number of thioether (sulfide) groups is 1. The van der Waals surface area contributed by atoms with Gasteiger partial charge in [0, 0.05) is 16.9 Å². The number of amides is 1. The third kappa shape index (κ3) is 5.18. The summed E-state index contributed by atoms with van der Waals surface area (Å²) in [5.41, 5.74) is 3.80. The Morgan fingerprint density at radius 1 is 1.00 bits per heavy atom. The molecule has 7 heteroatoms. The van der Waals surface area contributed by atoms with Gasteiger partial charge in [-0.05, 0) is 56.3 Å². The minimum absolute atomic E-state index is 0.112. The SMILES string of the molecule is CCOc1ccc(NC(=O)CSc2nnc(-c3cccc(C)c3)n2-c2ccccc2)cc1. The van der Waals surface area contributed by atoms with Crippen molar-refractivity contribution in [1.29, 1.82) is 0 Å². The van der Waals surface area contributed by atoms with Crippen LogP contribution in [-0.2, 0) is 4.79 Å². The number of hydrogen-bond acceptors (Lipinski definition) is 5. The molecule has 1 N–H and O–H groups in total. The standard InChI is InChI=1S/C25H24N4O2S/c1-3-31-22-14-12-20(13-15-22)26-23(30)17-32-25-28-27-24(19-9-7-8-18(2)16-19)29(25)21-10-5-4-6-11-21/h4-16H,3,17H2,1-2H3,(H,26,30). The molecule has 4 aromatic rings. The molecular formula is C25H24N4O2S. The Balaban J connectivity index is 1.52. The van der Waals surface area contributed by atoms with Crippen LogP contribution >= 0.6 is 11.8 Å². The van der Waals surface area contributed by atoms with Gasteiger partial charge in [-0.3, -0.25) is 9.36 Å². The average Bonchev–Trinajstić information content (AvgIpc) is 3.24. The molecule has 32 heavy (non-hydrogen) atoms. The molecule has 0 saturated carbocycles. The van der Waals surface area contributed by atoms with Crippen molar-refractivity contribution >= 4 is 23.4 Å². The lowest BCUT2D eigenvalue weighted by Crippen LogP contribution is -2.14.